The second kappa shape index (κ2) is 5.69. The Labute approximate surface area is 97.2 Å². The first-order chi connectivity index (χ1) is 8.02. The van der Waals surface area contributed by atoms with Crippen LogP contribution >= 0.6 is 0 Å². The summed E-state index contributed by atoms with van der Waals surface area (Å²) in [5.74, 6) is -1.10. The first kappa shape index (κ1) is 12.8. The van der Waals surface area contributed by atoms with Crippen molar-refractivity contribution in [2.75, 3.05) is 19.4 Å². The standard InChI is InChI=1S/C10H13N3O4/c1-12-8(14)6-17-10(16)5-13-4-7(11)2-3-9(13)15/h2-4H,5-6,11H2,1H3,(H,12,14). The van der Waals surface area contributed by atoms with Crippen LogP contribution in [0.2, 0.25) is 0 Å². The van der Waals surface area contributed by atoms with E-state index in [4.69, 9.17) is 5.73 Å². The largest absolute Gasteiger partial charge is 0.454 e. The van der Waals surface area contributed by atoms with Crippen molar-refractivity contribution in [1.82, 2.24) is 9.88 Å². The molecule has 17 heavy (non-hydrogen) atoms. The number of aromatic nitrogens is 1. The Morgan fingerprint density at radius 1 is 1.47 bits per heavy atom. The highest BCUT2D eigenvalue weighted by Gasteiger charge is 2.08. The Hall–Kier alpha value is -2.31. The van der Waals surface area contributed by atoms with Gasteiger partial charge in [-0.2, -0.15) is 0 Å². The number of hydrogen-bond donors (Lipinski definition) is 2. The minimum atomic E-state index is -0.679. The Bertz CT molecular complexity index is 481. The van der Waals surface area contributed by atoms with Gasteiger partial charge < -0.3 is 20.4 Å². The molecule has 0 radical (unpaired) electrons. The summed E-state index contributed by atoms with van der Waals surface area (Å²) in [6, 6.07) is 2.69. The number of carbonyl (C=O) groups excluding carboxylic acids is 2. The molecule has 92 valence electrons. The summed E-state index contributed by atoms with van der Waals surface area (Å²) >= 11 is 0. The van der Waals surface area contributed by atoms with E-state index in [2.05, 4.69) is 10.1 Å². The van der Waals surface area contributed by atoms with E-state index in [1.54, 1.807) is 0 Å². The number of hydrogen-bond acceptors (Lipinski definition) is 5. The normalized spacial score (nSPS) is 9.71. The van der Waals surface area contributed by atoms with Gasteiger partial charge in [-0.25, -0.2) is 0 Å². The van der Waals surface area contributed by atoms with Gasteiger partial charge in [0.15, 0.2) is 6.61 Å². The average molecular weight is 239 g/mol. The van der Waals surface area contributed by atoms with Crippen LogP contribution in [0.25, 0.3) is 0 Å². The molecular formula is C10H13N3O4. The molecule has 0 aliphatic carbocycles. The second-order valence-electron chi connectivity index (χ2n) is 3.26. The SMILES string of the molecule is CNC(=O)COC(=O)Cn1cc(N)ccc1=O. The van der Waals surface area contributed by atoms with E-state index < -0.39 is 11.9 Å². The maximum atomic E-state index is 11.3. The van der Waals surface area contributed by atoms with Crippen molar-refractivity contribution >= 4 is 17.6 Å². The monoisotopic (exact) mass is 239 g/mol. The summed E-state index contributed by atoms with van der Waals surface area (Å²) in [5.41, 5.74) is 5.47. The number of rotatable bonds is 4. The molecule has 7 heteroatoms. The highest BCUT2D eigenvalue weighted by molar-refractivity contribution is 5.80. The molecule has 1 amide bonds. The second-order valence-corrected chi connectivity index (χ2v) is 3.26. The fourth-order valence-electron chi connectivity index (χ4n) is 1.08. The lowest BCUT2D eigenvalue weighted by atomic mass is 10.4. The topological polar surface area (TPSA) is 103 Å². The van der Waals surface area contributed by atoms with Gasteiger partial charge in [-0.3, -0.25) is 14.4 Å². The summed E-state index contributed by atoms with van der Waals surface area (Å²) in [6.45, 7) is -0.646. The van der Waals surface area contributed by atoms with Crippen LogP contribution in [0.15, 0.2) is 23.1 Å². The average Bonchev–Trinajstić information content (AvgIpc) is 2.30. The third-order valence-electron chi connectivity index (χ3n) is 1.95. The number of nitrogens with two attached hydrogens (primary N) is 1. The molecule has 3 N–H and O–H groups in total. The fourth-order valence-corrected chi connectivity index (χ4v) is 1.08. The zero-order valence-electron chi connectivity index (χ0n) is 9.30. The van der Waals surface area contributed by atoms with E-state index in [0.717, 1.165) is 4.57 Å². The van der Waals surface area contributed by atoms with Crippen molar-refractivity contribution in [3.8, 4) is 0 Å². The van der Waals surface area contributed by atoms with Crippen LogP contribution < -0.4 is 16.6 Å². The quantitative estimate of drug-likeness (QED) is 0.637. The minimum Gasteiger partial charge on any atom is -0.454 e. The van der Waals surface area contributed by atoms with Gasteiger partial charge in [-0.05, 0) is 6.07 Å². The maximum absolute atomic E-state index is 11.3. The van der Waals surface area contributed by atoms with E-state index in [0.29, 0.717) is 5.69 Å². The summed E-state index contributed by atoms with van der Waals surface area (Å²) in [4.78, 5) is 33.4. The van der Waals surface area contributed by atoms with E-state index in [1.165, 1.54) is 25.4 Å². The zero-order valence-corrected chi connectivity index (χ0v) is 9.30. The summed E-state index contributed by atoms with van der Waals surface area (Å²) in [5, 5.41) is 2.30. The van der Waals surface area contributed by atoms with E-state index in [9.17, 15) is 14.4 Å². The number of likely N-dealkylation sites (N-methyl/N-ethyl adjacent to an activating group) is 1. The molecule has 0 fully saturated rings. The molecule has 1 heterocycles. The number of amides is 1. The highest BCUT2D eigenvalue weighted by atomic mass is 16.5. The molecule has 7 nitrogen and oxygen atoms in total. The number of nitrogens with one attached hydrogen (secondary N) is 1. The molecule has 0 unspecified atom stereocenters. The molecule has 0 bridgehead atoms. The Morgan fingerprint density at radius 2 is 2.18 bits per heavy atom. The molecule has 0 saturated carbocycles. The minimum absolute atomic E-state index is 0.277. The van der Waals surface area contributed by atoms with E-state index in [1.807, 2.05) is 0 Å². The zero-order chi connectivity index (χ0) is 12.8. The fraction of sp³-hybridized carbons (Fsp3) is 0.300. The molecular weight excluding hydrogens is 226 g/mol. The summed E-state index contributed by atoms with van der Waals surface area (Å²) in [7, 11) is 1.43. The molecule has 0 aliphatic heterocycles. The predicted molar refractivity (Wildman–Crippen MR) is 60.1 cm³/mol. The first-order valence-corrected chi connectivity index (χ1v) is 4.85. The lowest BCUT2D eigenvalue weighted by Gasteiger charge is -2.06. The maximum Gasteiger partial charge on any atom is 0.326 e. The van der Waals surface area contributed by atoms with Crippen LogP contribution in [0.3, 0.4) is 0 Å². The van der Waals surface area contributed by atoms with Gasteiger partial charge in [-0.1, -0.05) is 0 Å². The number of carbonyl (C=O) groups is 2. The molecule has 1 aromatic heterocycles. The van der Waals surface area contributed by atoms with Crippen molar-refractivity contribution in [1.29, 1.82) is 0 Å². The first-order valence-electron chi connectivity index (χ1n) is 4.85. The Balaban J connectivity index is 2.59. The predicted octanol–water partition coefficient (Wildman–Crippen LogP) is -1.28. The van der Waals surface area contributed by atoms with Crippen LogP contribution in [0, 0.1) is 0 Å². The number of anilines is 1. The smallest absolute Gasteiger partial charge is 0.326 e. The molecule has 0 spiro atoms. The number of ether oxygens (including phenoxy) is 1. The number of esters is 1. The summed E-state index contributed by atoms with van der Waals surface area (Å²) < 4.78 is 5.75. The van der Waals surface area contributed by atoms with Gasteiger partial charge in [-0.15, -0.1) is 0 Å². The lowest BCUT2D eigenvalue weighted by molar-refractivity contribution is -0.149. The molecule has 0 aromatic carbocycles. The number of nitrogen functional groups attached to an aromatic ring is 1. The molecule has 1 rings (SSSR count). The van der Waals surface area contributed by atoms with Crippen molar-refractivity contribution < 1.29 is 14.3 Å². The van der Waals surface area contributed by atoms with E-state index >= 15 is 0 Å². The number of pyridine rings is 1. The van der Waals surface area contributed by atoms with Gasteiger partial charge in [0, 0.05) is 25.0 Å². The van der Waals surface area contributed by atoms with Crippen LogP contribution in [-0.4, -0.2) is 30.1 Å². The van der Waals surface area contributed by atoms with Gasteiger partial charge in [0.2, 0.25) is 0 Å². The van der Waals surface area contributed by atoms with Crippen LogP contribution in [0.1, 0.15) is 0 Å². The Kier molecular flexibility index (Phi) is 4.27. The van der Waals surface area contributed by atoms with Crippen LogP contribution in [0.5, 0.6) is 0 Å². The van der Waals surface area contributed by atoms with Crippen molar-refractivity contribution in [3.05, 3.63) is 28.7 Å². The van der Waals surface area contributed by atoms with Crippen LogP contribution in [0.4, 0.5) is 5.69 Å². The highest BCUT2D eigenvalue weighted by Crippen LogP contribution is 1.96. The summed E-state index contributed by atoms with van der Waals surface area (Å²) in [6.07, 6.45) is 1.34. The molecule has 0 atom stereocenters. The van der Waals surface area contributed by atoms with E-state index in [-0.39, 0.29) is 18.7 Å². The van der Waals surface area contributed by atoms with Gasteiger partial charge >= 0.3 is 5.97 Å². The van der Waals surface area contributed by atoms with Gasteiger partial charge in [0.25, 0.3) is 11.5 Å². The van der Waals surface area contributed by atoms with Crippen LogP contribution in [-0.2, 0) is 20.9 Å². The third-order valence-corrected chi connectivity index (χ3v) is 1.95. The third kappa shape index (κ3) is 3.98. The van der Waals surface area contributed by atoms with Gasteiger partial charge in [0.05, 0.1) is 0 Å². The Morgan fingerprint density at radius 3 is 2.82 bits per heavy atom. The van der Waals surface area contributed by atoms with Gasteiger partial charge in [0.1, 0.15) is 6.54 Å². The van der Waals surface area contributed by atoms with Crippen molar-refractivity contribution in [3.63, 3.8) is 0 Å². The molecule has 0 saturated heterocycles. The van der Waals surface area contributed by atoms with Crippen molar-refractivity contribution in [2.24, 2.45) is 0 Å². The number of nitrogens with zero attached hydrogens (tertiary/aromatic N) is 1. The van der Waals surface area contributed by atoms with Crippen molar-refractivity contribution in [2.45, 2.75) is 6.54 Å². The lowest BCUT2D eigenvalue weighted by Crippen LogP contribution is -2.29. The molecule has 0 aliphatic rings. The molecule has 1 aromatic rings.